The predicted octanol–water partition coefficient (Wildman–Crippen LogP) is 3.74. The molecule has 0 spiro atoms. The van der Waals surface area contributed by atoms with Gasteiger partial charge in [0.2, 0.25) is 5.13 Å². The van der Waals surface area contributed by atoms with Crippen LogP contribution in [0.2, 0.25) is 0 Å². The van der Waals surface area contributed by atoms with E-state index in [1.165, 1.54) is 11.3 Å². The Morgan fingerprint density at radius 3 is 2.74 bits per heavy atom. The van der Waals surface area contributed by atoms with Gasteiger partial charge in [0.25, 0.3) is 5.91 Å². The largest absolute Gasteiger partial charge is 0.296 e. The lowest BCUT2D eigenvalue weighted by Gasteiger charge is -2.00. The summed E-state index contributed by atoms with van der Waals surface area (Å²) in [5, 5.41) is 12.4. The normalized spacial score (nSPS) is 10.4. The third-order valence-electron chi connectivity index (χ3n) is 2.54. The number of anilines is 1. The summed E-state index contributed by atoms with van der Waals surface area (Å²) in [6.45, 7) is 2.14. The fourth-order valence-electron chi connectivity index (χ4n) is 1.50. The summed E-state index contributed by atoms with van der Waals surface area (Å²) in [5.74, 6) is -0.144. The van der Waals surface area contributed by atoms with Crippen molar-refractivity contribution in [1.29, 1.82) is 0 Å². The number of aryl methyl sites for hydroxylation is 1. The van der Waals surface area contributed by atoms with Crippen LogP contribution in [0.15, 0.2) is 24.3 Å². The molecule has 0 fully saturated rings. The van der Waals surface area contributed by atoms with E-state index in [0.717, 1.165) is 27.8 Å². The Labute approximate surface area is 129 Å². The number of halogens is 1. The fraction of sp³-hybridized carbons (Fsp3) is 0.308. The molecule has 0 unspecified atom stereocenters. The van der Waals surface area contributed by atoms with Crippen molar-refractivity contribution < 1.29 is 4.79 Å². The molecule has 0 aliphatic rings. The lowest BCUT2D eigenvalue weighted by Crippen LogP contribution is -2.11. The van der Waals surface area contributed by atoms with Crippen molar-refractivity contribution >= 4 is 45.0 Å². The molecule has 0 saturated heterocycles. The average molecular weight is 387 g/mol. The number of carbonyl (C=O) groups is 1. The molecule has 0 bridgehead atoms. The Balaban J connectivity index is 1.98. The summed E-state index contributed by atoms with van der Waals surface area (Å²) in [6, 6.07) is 7.41. The molecule has 0 atom stereocenters. The standard InChI is InChI=1S/C13H14IN3OS/c1-2-3-4-11-16-17-13(19-11)15-12(18)9-5-7-10(14)8-6-9/h5-8H,2-4H2,1H3,(H,15,17,18). The van der Waals surface area contributed by atoms with Gasteiger partial charge in [0, 0.05) is 15.6 Å². The van der Waals surface area contributed by atoms with Crippen LogP contribution in [0.3, 0.4) is 0 Å². The number of aromatic nitrogens is 2. The van der Waals surface area contributed by atoms with Crippen molar-refractivity contribution in [2.45, 2.75) is 26.2 Å². The van der Waals surface area contributed by atoms with Crippen LogP contribution < -0.4 is 5.32 Å². The Hall–Kier alpha value is -1.02. The van der Waals surface area contributed by atoms with E-state index in [2.05, 4.69) is 45.0 Å². The van der Waals surface area contributed by atoms with Gasteiger partial charge in [0.15, 0.2) is 0 Å². The van der Waals surface area contributed by atoms with Gasteiger partial charge in [0.05, 0.1) is 0 Å². The molecule has 19 heavy (non-hydrogen) atoms. The summed E-state index contributed by atoms with van der Waals surface area (Å²) in [6.07, 6.45) is 3.15. The van der Waals surface area contributed by atoms with Gasteiger partial charge in [-0.2, -0.15) is 0 Å². The molecule has 1 aromatic carbocycles. The van der Waals surface area contributed by atoms with E-state index in [0.29, 0.717) is 10.7 Å². The number of carbonyl (C=O) groups excluding carboxylic acids is 1. The number of unbranched alkanes of at least 4 members (excludes halogenated alkanes) is 1. The van der Waals surface area contributed by atoms with Crippen LogP contribution >= 0.6 is 33.9 Å². The zero-order chi connectivity index (χ0) is 13.7. The second-order valence-corrected chi connectivity index (χ2v) is 6.37. The molecule has 1 aromatic heterocycles. The molecule has 0 aliphatic carbocycles. The zero-order valence-electron chi connectivity index (χ0n) is 10.5. The van der Waals surface area contributed by atoms with E-state index >= 15 is 0 Å². The van der Waals surface area contributed by atoms with Crippen LogP contribution in [-0.4, -0.2) is 16.1 Å². The number of hydrogen-bond acceptors (Lipinski definition) is 4. The van der Waals surface area contributed by atoms with E-state index in [9.17, 15) is 4.79 Å². The van der Waals surface area contributed by atoms with Crippen molar-refractivity contribution in [2.24, 2.45) is 0 Å². The third kappa shape index (κ3) is 4.24. The second kappa shape index (κ2) is 6.95. The maximum Gasteiger partial charge on any atom is 0.257 e. The highest BCUT2D eigenvalue weighted by atomic mass is 127. The van der Waals surface area contributed by atoms with E-state index in [-0.39, 0.29) is 5.91 Å². The molecule has 4 nitrogen and oxygen atoms in total. The monoisotopic (exact) mass is 387 g/mol. The van der Waals surface area contributed by atoms with Crippen LogP contribution in [0.5, 0.6) is 0 Å². The molecule has 1 N–H and O–H groups in total. The molecular weight excluding hydrogens is 373 g/mol. The van der Waals surface area contributed by atoms with Crippen LogP contribution in [0.4, 0.5) is 5.13 Å². The summed E-state index contributed by atoms with van der Waals surface area (Å²) >= 11 is 3.65. The van der Waals surface area contributed by atoms with Gasteiger partial charge in [-0.1, -0.05) is 24.7 Å². The Morgan fingerprint density at radius 1 is 1.32 bits per heavy atom. The first kappa shape index (κ1) is 14.4. The van der Waals surface area contributed by atoms with Crippen LogP contribution in [-0.2, 0) is 6.42 Å². The molecule has 100 valence electrons. The number of benzene rings is 1. The molecule has 0 saturated carbocycles. The SMILES string of the molecule is CCCCc1nnc(NC(=O)c2ccc(I)cc2)s1. The number of amides is 1. The first-order chi connectivity index (χ1) is 9.19. The second-order valence-electron chi connectivity index (χ2n) is 4.07. The van der Waals surface area contributed by atoms with Crippen LogP contribution in [0, 0.1) is 3.57 Å². The summed E-state index contributed by atoms with van der Waals surface area (Å²) in [4.78, 5) is 12.0. The molecular formula is C13H14IN3OS. The first-order valence-corrected chi connectivity index (χ1v) is 7.98. The Kier molecular flexibility index (Phi) is 5.26. The van der Waals surface area contributed by atoms with E-state index < -0.39 is 0 Å². The van der Waals surface area contributed by atoms with Gasteiger partial charge in [-0.15, -0.1) is 10.2 Å². The molecule has 0 aliphatic heterocycles. The van der Waals surface area contributed by atoms with Crippen LogP contribution in [0.1, 0.15) is 35.1 Å². The highest BCUT2D eigenvalue weighted by Gasteiger charge is 2.09. The van der Waals surface area contributed by atoms with Crippen molar-refractivity contribution in [3.05, 3.63) is 38.4 Å². The minimum Gasteiger partial charge on any atom is -0.296 e. The van der Waals surface area contributed by atoms with E-state index in [4.69, 9.17) is 0 Å². The molecule has 2 aromatic rings. The smallest absolute Gasteiger partial charge is 0.257 e. The van der Waals surface area contributed by atoms with E-state index in [1.807, 2.05) is 12.1 Å². The van der Waals surface area contributed by atoms with Crippen molar-refractivity contribution in [1.82, 2.24) is 10.2 Å². The van der Waals surface area contributed by atoms with Gasteiger partial charge in [0.1, 0.15) is 5.01 Å². The maximum atomic E-state index is 12.0. The van der Waals surface area contributed by atoms with Gasteiger partial charge in [-0.25, -0.2) is 0 Å². The lowest BCUT2D eigenvalue weighted by atomic mass is 10.2. The maximum absolute atomic E-state index is 12.0. The van der Waals surface area contributed by atoms with Crippen molar-refractivity contribution in [3.63, 3.8) is 0 Å². The van der Waals surface area contributed by atoms with Gasteiger partial charge >= 0.3 is 0 Å². The third-order valence-corrected chi connectivity index (χ3v) is 4.16. The number of hydrogen-bond donors (Lipinski definition) is 1. The summed E-state index contributed by atoms with van der Waals surface area (Å²) in [7, 11) is 0. The average Bonchev–Trinajstić information content (AvgIpc) is 2.84. The highest BCUT2D eigenvalue weighted by Crippen LogP contribution is 2.18. The molecule has 1 heterocycles. The Morgan fingerprint density at radius 2 is 2.05 bits per heavy atom. The van der Waals surface area contributed by atoms with Crippen molar-refractivity contribution in [3.8, 4) is 0 Å². The van der Waals surface area contributed by atoms with Gasteiger partial charge < -0.3 is 0 Å². The Bertz CT molecular complexity index is 553. The topological polar surface area (TPSA) is 54.9 Å². The number of rotatable bonds is 5. The first-order valence-electron chi connectivity index (χ1n) is 6.08. The highest BCUT2D eigenvalue weighted by molar-refractivity contribution is 14.1. The molecule has 0 radical (unpaired) electrons. The van der Waals surface area contributed by atoms with Crippen LogP contribution in [0.25, 0.3) is 0 Å². The fourth-order valence-corrected chi connectivity index (χ4v) is 2.64. The molecule has 6 heteroatoms. The summed E-state index contributed by atoms with van der Waals surface area (Å²) < 4.78 is 1.10. The van der Waals surface area contributed by atoms with Gasteiger partial charge in [-0.3, -0.25) is 10.1 Å². The number of nitrogens with one attached hydrogen (secondary N) is 1. The quantitative estimate of drug-likeness (QED) is 0.796. The summed E-state index contributed by atoms with van der Waals surface area (Å²) in [5.41, 5.74) is 0.630. The minimum absolute atomic E-state index is 0.144. The predicted molar refractivity (Wildman–Crippen MR) is 85.6 cm³/mol. The van der Waals surface area contributed by atoms with Crippen molar-refractivity contribution in [2.75, 3.05) is 5.32 Å². The minimum atomic E-state index is -0.144. The molecule has 1 amide bonds. The zero-order valence-corrected chi connectivity index (χ0v) is 13.5. The van der Waals surface area contributed by atoms with E-state index in [1.54, 1.807) is 12.1 Å². The molecule has 2 rings (SSSR count). The number of nitrogens with zero attached hydrogens (tertiary/aromatic N) is 2. The lowest BCUT2D eigenvalue weighted by molar-refractivity contribution is 0.102. The van der Waals surface area contributed by atoms with Gasteiger partial charge in [-0.05, 0) is 53.3 Å².